The molecule has 1 aromatic carbocycles. The topological polar surface area (TPSA) is 39.7 Å². The van der Waals surface area contributed by atoms with E-state index in [9.17, 15) is 4.39 Å². The smallest absolute Gasteiger partial charge is 0.191 e. The van der Waals surface area contributed by atoms with Crippen LogP contribution in [-0.4, -0.2) is 44.6 Å². The molecule has 4 nitrogen and oxygen atoms in total. The molecule has 1 fully saturated rings. The number of aryl methyl sites for hydroxylation is 1. The largest absolute Gasteiger partial charge is 0.356 e. The number of hydrogen-bond donors (Lipinski definition) is 2. The van der Waals surface area contributed by atoms with Gasteiger partial charge < -0.3 is 15.5 Å². The van der Waals surface area contributed by atoms with Crippen LogP contribution in [0.4, 0.5) is 4.39 Å². The maximum atomic E-state index is 13.5. The molecule has 0 bridgehead atoms. The molecule has 0 saturated carbocycles. The van der Waals surface area contributed by atoms with Crippen LogP contribution in [-0.2, 0) is 6.54 Å². The van der Waals surface area contributed by atoms with E-state index in [1.54, 1.807) is 20.0 Å². The minimum absolute atomic E-state index is 0.158. The summed E-state index contributed by atoms with van der Waals surface area (Å²) in [6.07, 6.45) is 3.74. The normalized spacial score (nSPS) is 17.3. The molecular formula is C18H29FN4. The van der Waals surface area contributed by atoms with Crippen molar-refractivity contribution in [2.75, 3.05) is 33.7 Å². The van der Waals surface area contributed by atoms with E-state index < -0.39 is 0 Å². The third-order valence-corrected chi connectivity index (χ3v) is 4.60. The molecule has 1 saturated heterocycles. The number of nitrogens with one attached hydrogen (secondary N) is 2. The van der Waals surface area contributed by atoms with Crippen molar-refractivity contribution in [2.24, 2.45) is 10.9 Å². The molecule has 0 aromatic heterocycles. The number of rotatable bonds is 5. The van der Waals surface area contributed by atoms with E-state index in [4.69, 9.17) is 0 Å². The second-order valence-corrected chi connectivity index (χ2v) is 6.47. The quantitative estimate of drug-likeness (QED) is 0.647. The summed E-state index contributed by atoms with van der Waals surface area (Å²) < 4.78 is 13.5. The van der Waals surface area contributed by atoms with Crippen LogP contribution in [0.15, 0.2) is 23.2 Å². The van der Waals surface area contributed by atoms with Crippen molar-refractivity contribution >= 4 is 5.96 Å². The lowest BCUT2D eigenvalue weighted by Crippen LogP contribution is -2.38. The van der Waals surface area contributed by atoms with Crippen molar-refractivity contribution in [3.63, 3.8) is 0 Å². The summed E-state index contributed by atoms with van der Waals surface area (Å²) in [5, 5.41) is 6.60. The lowest BCUT2D eigenvalue weighted by Gasteiger charge is -2.29. The summed E-state index contributed by atoms with van der Waals surface area (Å²) in [7, 11) is 3.95. The Morgan fingerprint density at radius 3 is 2.70 bits per heavy atom. The highest BCUT2D eigenvalue weighted by Gasteiger charge is 2.16. The first-order chi connectivity index (χ1) is 11.1. The van der Waals surface area contributed by atoms with Gasteiger partial charge in [0.25, 0.3) is 0 Å². The summed E-state index contributed by atoms with van der Waals surface area (Å²) >= 11 is 0. The van der Waals surface area contributed by atoms with E-state index in [1.165, 1.54) is 32.4 Å². The minimum atomic E-state index is -0.158. The van der Waals surface area contributed by atoms with Gasteiger partial charge in [-0.2, -0.15) is 0 Å². The summed E-state index contributed by atoms with van der Waals surface area (Å²) in [5.41, 5.74) is 1.60. The van der Waals surface area contributed by atoms with Gasteiger partial charge in [-0.3, -0.25) is 4.99 Å². The van der Waals surface area contributed by atoms with Gasteiger partial charge in [0.1, 0.15) is 5.82 Å². The first kappa shape index (κ1) is 17.7. The SMILES string of the molecule is CN=C(NCCC1CCN(C)CC1)NCc1ccc(C)c(F)c1. The van der Waals surface area contributed by atoms with Gasteiger partial charge in [0.15, 0.2) is 5.96 Å². The van der Waals surface area contributed by atoms with Crippen LogP contribution < -0.4 is 10.6 Å². The summed E-state index contributed by atoms with van der Waals surface area (Å²) in [4.78, 5) is 6.62. The Morgan fingerprint density at radius 2 is 2.04 bits per heavy atom. The Balaban J connectivity index is 1.70. The highest BCUT2D eigenvalue weighted by Crippen LogP contribution is 2.18. The van der Waals surface area contributed by atoms with Crippen molar-refractivity contribution < 1.29 is 4.39 Å². The summed E-state index contributed by atoms with van der Waals surface area (Å²) in [6, 6.07) is 5.33. The molecule has 0 atom stereocenters. The van der Waals surface area contributed by atoms with E-state index in [2.05, 4.69) is 27.6 Å². The fraction of sp³-hybridized carbons (Fsp3) is 0.611. The van der Waals surface area contributed by atoms with Crippen LogP contribution in [0.2, 0.25) is 0 Å². The van der Waals surface area contributed by atoms with E-state index in [-0.39, 0.29) is 5.82 Å². The molecule has 1 aromatic rings. The Labute approximate surface area is 139 Å². The zero-order valence-corrected chi connectivity index (χ0v) is 14.5. The first-order valence-electron chi connectivity index (χ1n) is 8.46. The molecule has 0 unspecified atom stereocenters. The van der Waals surface area contributed by atoms with E-state index >= 15 is 0 Å². The van der Waals surface area contributed by atoms with Gasteiger partial charge in [-0.25, -0.2) is 4.39 Å². The second kappa shape index (κ2) is 8.87. The maximum Gasteiger partial charge on any atom is 0.191 e. The molecule has 0 radical (unpaired) electrons. The fourth-order valence-electron chi connectivity index (χ4n) is 2.90. The molecule has 128 valence electrons. The molecular weight excluding hydrogens is 291 g/mol. The molecule has 0 amide bonds. The van der Waals surface area contributed by atoms with Gasteiger partial charge in [0.2, 0.25) is 0 Å². The third-order valence-electron chi connectivity index (χ3n) is 4.60. The van der Waals surface area contributed by atoms with Crippen molar-refractivity contribution in [1.82, 2.24) is 15.5 Å². The lowest BCUT2D eigenvalue weighted by molar-refractivity contribution is 0.213. The first-order valence-corrected chi connectivity index (χ1v) is 8.46. The highest BCUT2D eigenvalue weighted by molar-refractivity contribution is 5.79. The zero-order chi connectivity index (χ0) is 16.7. The molecule has 23 heavy (non-hydrogen) atoms. The maximum absolute atomic E-state index is 13.5. The van der Waals surface area contributed by atoms with Crippen LogP contribution in [0.1, 0.15) is 30.4 Å². The lowest BCUT2D eigenvalue weighted by atomic mass is 9.94. The van der Waals surface area contributed by atoms with Crippen LogP contribution in [0.5, 0.6) is 0 Å². The average Bonchev–Trinajstić information content (AvgIpc) is 2.55. The van der Waals surface area contributed by atoms with Gasteiger partial charge in [-0.1, -0.05) is 12.1 Å². The predicted octanol–water partition coefficient (Wildman–Crippen LogP) is 2.53. The van der Waals surface area contributed by atoms with Crippen LogP contribution >= 0.6 is 0 Å². The molecule has 0 aliphatic carbocycles. The van der Waals surface area contributed by atoms with Crippen LogP contribution in [0, 0.1) is 18.7 Å². The van der Waals surface area contributed by atoms with E-state index in [0.717, 1.165) is 24.0 Å². The summed E-state index contributed by atoms with van der Waals surface area (Å²) in [5.74, 6) is 1.43. The van der Waals surface area contributed by atoms with Gasteiger partial charge >= 0.3 is 0 Å². The van der Waals surface area contributed by atoms with Gasteiger partial charge in [0.05, 0.1) is 0 Å². The summed E-state index contributed by atoms with van der Waals surface area (Å²) in [6.45, 7) is 5.69. The highest BCUT2D eigenvalue weighted by atomic mass is 19.1. The molecule has 2 N–H and O–H groups in total. The monoisotopic (exact) mass is 320 g/mol. The molecule has 1 heterocycles. The van der Waals surface area contributed by atoms with Gasteiger partial charge in [0, 0.05) is 20.1 Å². The predicted molar refractivity (Wildman–Crippen MR) is 94.2 cm³/mol. The number of hydrogen-bond acceptors (Lipinski definition) is 2. The Morgan fingerprint density at radius 1 is 1.30 bits per heavy atom. The Bertz CT molecular complexity index is 522. The molecule has 0 spiro atoms. The third kappa shape index (κ3) is 5.82. The molecule has 1 aliphatic rings. The molecule has 1 aliphatic heterocycles. The Kier molecular flexibility index (Phi) is 6.84. The van der Waals surface area contributed by atoms with Gasteiger partial charge in [-0.05, 0) is 69.4 Å². The number of likely N-dealkylation sites (tertiary alicyclic amines) is 1. The zero-order valence-electron chi connectivity index (χ0n) is 14.5. The Hall–Kier alpha value is -1.62. The molecule has 5 heteroatoms. The van der Waals surface area contributed by atoms with Crippen LogP contribution in [0.3, 0.4) is 0 Å². The van der Waals surface area contributed by atoms with E-state index in [1.807, 2.05) is 12.1 Å². The van der Waals surface area contributed by atoms with Crippen molar-refractivity contribution in [1.29, 1.82) is 0 Å². The van der Waals surface area contributed by atoms with Crippen molar-refractivity contribution in [2.45, 2.75) is 32.7 Å². The number of halogens is 1. The van der Waals surface area contributed by atoms with Crippen LogP contribution in [0.25, 0.3) is 0 Å². The number of piperidine rings is 1. The average molecular weight is 320 g/mol. The number of guanidine groups is 1. The van der Waals surface area contributed by atoms with Gasteiger partial charge in [-0.15, -0.1) is 0 Å². The number of aliphatic imine (C=N–C) groups is 1. The van der Waals surface area contributed by atoms with E-state index in [0.29, 0.717) is 12.1 Å². The second-order valence-electron chi connectivity index (χ2n) is 6.47. The molecule has 2 rings (SSSR count). The number of nitrogens with zero attached hydrogens (tertiary/aromatic N) is 2. The van der Waals surface area contributed by atoms with Crippen molar-refractivity contribution in [3.8, 4) is 0 Å². The fourth-order valence-corrected chi connectivity index (χ4v) is 2.90. The number of benzene rings is 1. The standard InChI is InChI=1S/C18H29FN4/c1-14-4-5-16(12-17(14)19)13-22-18(20-2)21-9-6-15-7-10-23(3)11-8-15/h4-5,12,15H,6-11,13H2,1-3H3,(H2,20,21,22). The minimum Gasteiger partial charge on any atom is -0.356 e. The van der Waals surface area contributed by atoms with Crippen molar-refractivity contribution in [3.05, 3.63) is 35.1 Å².